The number of aromatic nitrogens is 4. The summed E-state index contributed by atoms with van der Waals surface area (Å²) in [7, 11) is 0. The number of rotatable bonds is 4. The van der Waals surface area contributed by atoms with Crippen LogP contribution in [-0.4, -0.2) is 20.6 Å². The predicted octanol–water partition coefficient (Wildman–Crippen LogP) is 0.922. The maximum atomic E-state index is 8.82. The van der Waals surface area contributed by atoms with Crippen molar-refractivity contribution in [3.05, 3.63) is 41.2 Å². The number of hydrogen-bond donors (Lipinski definition) is 2. The molecule has 2 N–H and O–H groups in total. The second kappa shape index (κ2) is 5.18. The Hall–Kier alpha value is -2.26. The van der Waals surface area contributed by atoms with Gasteiger partial charge in [-0.2, -0.15) is 10.5 Å². The van der Waals surface area contributed by atoms with Gasteiger partial charge in [-0.15, -0.1) is 10.2 Å². The van der Waals surface area contributed by atoms with Crippen LogP contribution in [0.1, 0.15) is 29.9 Å². The van der Waals surface area contributed by atoms with Crippen LogP contribution in [0.5, 0.6) is 0 Å². The summed E-state index contributed by atoms with van der Waals surface area (Å²) >= 11 is 0. The van der Waals surface area contributed by atoms with Crippen LogP contribution in [0.15, 0.2) is 24.3 Å². The molecular weight excluding hydrogens is 216 g/mol. The fourth-order valence-electron chi connectivity index (χ4n) is 1.50. The Labute approximate surface area is 98.7 Å². The molecule has 6 heteroatoms. The van der Waals surface area contributed by atoms with Gasteiger partial charge in [-0.25, -0.2) is 0 Å². The summed E-state index contributed by atoms with van der Waals surface area (Å²) in [6, 6.07) is 9.76. The van der Waals surface area contributed by atoms with Crippen molar-refractivity contribution in [2.45, 2.75) is 19.5 Å². The van der Waals surface area contributed by atoms with E-state index in [-0.39, 0.29) is 6.04 Å². The Balaban J connectivity index is 1.99. The molecule has 1 aromatic carbocycles. The lowest BCUT2D eigenvalue weighted by atomic mass is 10.1. The molecule has 17 heavy (non-hydrogen) atoms. The van der Waals surface area contributed by atoms with Gasteiger partial charge in [0.25, 0.3) is 0 Å². The molecule has 0 saturated heterocycles. The van der Waals surface area contributed by atoms with E-state index in [1.165, 1.54) is 0 Å². The van der Waals surface area contributed by atoms with Crippen LogP contribution in [0.2, 0.25) is 0 Å². The van der Waals surface area contributed by atoms with Crippen LogP contribution < -0.4 is 5.32 Å². The van der Waals surface area contributed by atoms with Gasteiger partial charge in [-0.05, 0) is 24.6 Å². The SMILES string of the molecule is CC(NCc1nn[nH]n1)c1cccc(C#N)c1. The molecule has 2 rings (SSSR count). The van der Waals surface area contributed by atoms with Crippen LogP contribution in [0, 0.1) is 11.3 Å². The van der Waals surface area contributed by atoms with Crippen LogP contribution in [0.4, 0.5) is 0 Å². The van der Waals surface area contributed by atoms with Crippen LogP contribution in [0.25, 0.3) is 0 Å². The summed E-state index contributed by atoms with van der Waals surface area (Å²) in [5.74, 6) is 0.619. The van der Waals surface area contributed by atoms with E-state index in [9.17, 15) is 0 Å². The summed E-state index contributed by atoms with van der Waals surface area (Å²) in [6.07, 6.45) is 0. The normalized spacial score (nSPS) is 12.0. The second-order valence-corrected chi connectivity index (χ2v) is 3.67. The maximum absolute atomic E-state index is 8.82. The highest BCUT2D eigenvalue weighted by atomic mass is 15.5. The van der Waals surface area contributed by atoms with Crippen LogP contribution in [-0.2, 0) is 6.54 Å². The number of benzene rings is 1. The first-order chi connectivity index (χ1) is 8.29. The highest BCUT2D eigenvalue weighted by Gasteiger charge is 2.06. The molecule has 2 aromatic rings. The lowest BCUT2D eigenvalue weighted by Crippen LogP contribution is -2.19. The summed E-state index contributed by atoms with van der Waals surface area (Å²) in [5.41, 5.74) is 1.73. The Morgan fingerprint density at radius 3 is 3.12 bits per heavy atom. The number of nitrogens with one attached hydrogen (secondary N) is 2. The van der Waals surface area contributed by atoms with Crippen molar-refractivity contribution in [3.63, 3.8) is 0 Å². The first-order valence-corrected chi connectivity index (χ1v) is 5.25. The molecule has 6 nitrogen and oxygen atoms in total. The van der Waals surface area contributed by atoms with Gasteiger partial charge in [0.05, 0.1) is 18.2 Å². The van der Waals surface area contributed by atoms with E-state index in [1.807, 2.05) is 25.1 Å². The largest absolute Gasteiger partial charge is 0.303 e. The minimum absolute atomic E-state index is 0.127. The van der Waals surface area contributed by atoms with Crippen molar-refractivity contribution in [1.82, 2.24) is 25.9 Å². The van der Waals surface area contributed by atoms with Crippen LogP contribution in [0.3, 0.4) is 0 Å². The molecule has 1 unspecified atom stereocenters. The van der Waals surface area contributed by atoms with E-state index in [4.69, 9.17) is 5.26 Å². The second-order valence-electron chi connectivity index (χ2n) is 3.67. The minimum Gasteiger partial charge on any atom is -0.303 e. The molecule has 0 aliphatic carbocycles. The molecule has 0 radical (unpaired) electrons. The Kier molecular flexibility index (Phi) is 3.43. The van der Waals surface area contributed by atoms with Gasteiger partial charge >= 0.3 is 0 Å². The fourth-order valence-corrected chi connectivity index (χ4v) is 1.50. The highest BCUT2D eigenvalue weighted by molar-refractivity contribution is 5.33. The van der Waals surface area contributed by atoms with E-state index < -0.39 is 0 Å². The average Bonchev–Trinajstić information content (AvgIpc) is 2.89. The quantitative estimate of drug-likeness (QED) is 0.812. The molecule has 0 saturated carbocycles. The highest BCUT2D eigenvalue weighted by Crippen LogP contribution is 2.13. The molecule has 86 valence electrons. The Bertz CT molecular complexity index is 513. The number of tetrazole rings is 1. The molecular formula is C11H12N6. The van der Waals surface area contributed by atoms with Gasteiger partial charge in [0.2, 0.25) is 0 Å². The van der Waals surface area contributed by atoms with E-state index in [1.54, 1.807) is 6.07 Å². The van der Waals surface area contributed by atoms with Crippen LogP contribution >= 0.6 is 0 Å². The molecule has 0 bridgehead atoms. The molecule has 0 aliphatic rings. The van der Waals surface area contributed by atoms with Gasteiger partial charge in [0.15, 0.2) is 5.82 Å². The molecule has 1 atom stereocenters. The van der Waals surface area contributed by atoms with Gasteiger partial charge in [0.1, 0.15) is 0 Å². The van der Waals surface area contributed by atoms with Gasteiger partial charge in [0, 0.05) is 6.04 Å². The van der Waals surface area contributed by atoms with E-state index >= 15 is 0 Å². The summed E-state index contributed by atoms with van der Waals surface area (Å²) < 4.78 is 0. The standard InChI is InChI=1S/C11H12N6/c1-8(13-7-11-14-16-17-15-11)10-4-2-3-9(5-10)6-12/h2-5,8,13H,7H2,1H3,(H,14,15,16,17). The van der Waals surface area contributed by atoms with Crippen molar-refractivity contribution >= 4 is 0 Å². The molecule has 0 fully saturated rings. The lowest BCUT2D eigenvalue weighted by molar-refractivity contribution is 0.559. The van der Waals surface area contributed by atoms with Crippen molar-refractivity contribution in [2.24, 2.45) is 0 Å². The predicted molar refractivity (Wildman–Crippen MR) is 60.6 cm³/mol. The molecule has 0 amide bonds. The molecule has 0 aliphatic heterocycles. The number of nitriles is 1. The number of aromatic amines is 1. The zero-order valence-corrected chi connectivity index (χ0v) is 9.38. The molecule has 1 heterocycles. The summed E-state index contributed by atoms with van der Waals surface area (Å²) in [4.78, 5) is 0. The van der Waals surface area contributed by atoms with E-state index in [0.29, 0.717) is 17.9 Å². The van der Waals surface area contributed by atoms with Crippen molar-refractivity contribution in [3.8, 4) is 6.07 Å². The monoisotopic (exact) mass is 228 g/mol. The molecule has 0 spiro atoms. The Morgan fingerprint density at radius 1 is 1.53 bits per heavy atom. The number of H-pyrrole nitrogens is 1. The zero-order valence-electron chi connectivity index (χ0n) is 9.38. The minimum atomic E-state index is 0.127. The van der Waals surface area contributed by atoms with Gasteiger partial charge in [-0.1, -0.05) is 17.3 Å². The first kappa shape index (κ1) is 11.2. The first-order valence-electron chi connectivity index (χ1n) is 5.25. The third-order valence-corrected chi connectivity index (χ3v) is 2.47. The van der Waals surface area contributed by atoms with Crippen molar-refractivity contribution in [1.29, 1.82) is 5.26 Å². The molecule has 1 aromatic heterocycles. The van der Waals surface area contributed by atoms with E-state index in [2.05, 4.69) is 32.0 Å². The smallest absolute Gasteiger partial charge is 0.188 e. The maximum Gasteiger partial charge on any atom is 0.188 e. The van der Waals surface area contributed by atoms with E-state index in [0.717, 1.165) is 5.56 Å². The Morgan fingerprint density at radius 2 is 2.41 bits per heavy atom. The third-order valence-electron chi connectivity index (χ3n) is 2.47. The topological polar surface area (TPSA) is 90.3 Å². The van der Waals surface area contributed by atoms with Gasteiger partial charge in [-0.3, -0.25) is 0 Å². The van der Waals surface area contributed by atoms with Crippen molar-refractivity contribution in [2.75, 3.05) is 0 Å². The van der Waals surface area contributed by atoms with Gasteiger partial charge < -0.3 is 5.32 Å². The summed E-state index contributed by atoms with van der Waals surface area (Å²) in [6.45, 7) is 2.56. The average molecular weight is 228 g/mol. The lowest BCUT2D eigenvalue weighted by Gasteiger charge is -2.12. The fraction of sp³-hybridized carbons (Fsp3) is 0.273. The summed E-state index contributed by atoms with van der Waals surface area (Å²) in [5, 5.41) is 25.7. The van der Waals surface area contributed by atoms with Crippen molar-refractivity contribution < 1.29 is 0 Å². The third kappa shape index (κ3) is 2.86. The number of nitrogens with zero attached hydrogens (tertiary/aromatic N) is 4. The zero-order chi connectivity index (χ0) is 12.1. The number of hydrogen-bond acceptors (Lipinski definition) is 5.